The van der Waals surface area contributed by atoms with Crippen molar-refractivity contribution >= 4 is 5.78 Å². The number of hydrogen-bond donors (Lipinski definition) is 1. The minimum absolute atomic E-state index is 0.169. The van der Waals surface area contributed by atoms with Crippen LogP contribution in [0.1, 0.15) is 98.8 Å². The van der Waals surface area contributed by atoms with Gasteiger partial charge in [-0.05, 0) is 72.5 Å². The third-order valence-electron chi connectivity index (χ3n) is 10.1. The normalized spacial score (nSPS) is 45.4. The van der Waals surface area contributed by atoms with Crippen LogP contribution in [0.3, 0.4) is 0 Å². The Morgan fingerprint density at radius 3 is 2.62 bits per heavy atom. The molecule has 0 radical (unpaired) electrons. The SMILES string of the molecule is CC(C)CCC[C@@H](C)[C@H]1C[C@H](O)[C@@H]2C3=CC[C@H]4CC(=O)CC[C@]4(C)[C@H]3CC[C@]12C. The van der Waals surface area contributed by atoms with Gasteiger partial charge in [0.25, 0.3) is 0 Å². The van der Waals surface area contributed by atoms with E-state index in [0.717, 1.165) is 38.0 Å². The summed E-state index contributed by atoms with van der Waals surface area (Å²) >= 11 is 0. The van der Waals surface area contributed by atoms with Gasteiger partial charge in [0.15, 0.2) is 0 Å². The molecule has 8 atom stereocenters. The molecule has 3 fully saturated rings. The number of aliphatic hydroxyl groups excluding tert-OH is 1. The molecule has 4 aliphatic rings. The highest BCUT2D eigenvalue weighted by molar-refractivity contribution is 5.79. The molecule has 0 spiro atoms. The van der Waals surface area contributed by atoms with E-state index < -0.39 is 0 Å². The maximum atomic E-state index is 12.1. The molecule has 4 aliphatic carbocycles. The van der Waals surface area contributed by atoms with Crippen LogP contribution in [0, 0.1) is 46.3 Å². The van der Waals surface area contributed by atoms with Crippen molar-refractivity contribution in [3.8, 4) is 0 Å². The second-order valence-electron chi connectivity index (χ2n) is 12.2. The number of fused-ring (bicyclic) bond motifs is 5. The number of aliphatic hydroxyl groups is 1. The topological polar surface area (TPSA) is 37.3 Å². The second-order valence-corrected chi connectivity index (χ2v) is 12.2. The molecule has 2 heteroatoms. The summed E-state index contributed by atoms with van der Waals surface area (Å²) in [7, 11) is 0. The average molecular weight is 401 g/mol. The maximum Gasteiger partial charge on any atom is 0.133 e. The Morgan fingerprint density at radius 2 is 1.90 bits per heavy atom. The minimum Gasteiger partial charge on any atom is -0.392 e. The molecule has 0 amide bonds. The van der Waals surface area contributed by atoms with Gasteiger partial charge in [0.1, 0.15) is 5.78 Å². The van der Waals surface area contributed by atoms with Gasteiger partial charge in [-0.2, -0.15) is 0 Å². The molecule has 0 saturated heterocycles. The molecule has 2 nitrogen and oxygen atoms in total. The standard InChI is InChI=1S/C27H44O2/c1-17(2)7-6-8-18(3)23-16-24(29)25-21-10-9-19-15-20(28)11-13-26(19,4)22(21)12-14-27(23,25)5/h10,17-19,22-25,29H,6-9,11-16H2,1-5H3/t18-,19+,22+,23-,24+,25+,26+,27-/m1/s1. The molecule has 0 aromatic heterocycles. The van der Waals surface area contributed by atoms with Gasteiger partial charge in [-0.3, -0.25) is 4.79 Å². The van der Waals surface area contributed by atoms with E-state index in [4.69, 9.17) is 0 Å². The van der Waals surface area contributed by atoms with Crippen LogP contribution in [-0.2, 0) is 4.79 Å². The van der Waals surface area contributed by atoms with Gasteiger partial charge in [-0.25, -0.2) is 0 Å². The lowest BCUT2D eigenvalue weighted by Crippen LogP contribution is -2.50. The van der Waals surface area contributed by atoms with E-state index in [1.807, 2.05) is 0 Å². The van der Waals surface area contributed by atoms with E-state index in [1.54, 1.807) is 5.57 Å². The zero-order valence-corrected chi connectivity index (χ0v) is 19.5. The minimum atomic E-state index is -0.169. The van der Waals surface area contributed by atoms with Gasteiger partial charge >= 0.3 is 0 Å². The molecule has 0 aromatic rings. The Bertz CT molecular complexity index is 663. The number of ketones is 1. The van der Waals surface area contributed by atoms with Gasteiger partial charge in [0.05, 0.1) is 6.10 Å². The smallest absolute Gasteiger partial charge is 0.133 e. The number of carbonyl (C=O) groups excluding carboxylic acids is 1. The molecule has 0 aromatic carbocycles. The lowest BCUT2D eigenvalue weighted by molar-refractivity contribution is -0.127. The zero-order chi connectivity index (χ0) is 21.0. The van der Waals surface area contributed by atoms with Gasteiger partial charge in [0.2, 0.25) is 0 Å². The van der Waals surface area contributed by atoms with E-state index >= 15 is 0 Å². The first kappa shape index (κ1) is 21.6. The van der Waals surface area contributed by atoms with E-state index in [-0.39, 0.29) is 16.9 Å². The molecular formula is C27H44O2. The molecule has 1 N–H and O–H groups in total. The first-order chi connectivity index (χ1) is 13.7. The summed E-state index contributed by atoms with van der Waals surface area (Å²) < 4.78 is 0. The lowest BCUT2D eigenvalue weighted by Gasteiger charge is -2.57. The van der Waals surface area contributed by atoms with Crippen LogP contribution in [0.4, 0.5) is 0 Å². The first-order valence-electron chi connectivity index (χ1n) is 12.6. The van der Waals surface area contributed by atoms with Gasteiger partial charge in [-0.15, -0.1) is 0 Å². The molecule has 4 rings (SSSR count). The van der Waals surface area contributed by atoms with Gasteiger partial charge < -0.3 is 5.11 Å². The lowest BCUT2D eigenvalue weighted by atomic mass is 9.47. The van der Waals surface area contributed by atoms with E-state index in [2.05, 4.69) is 40.7 Å². The van der Waals surface area contributed by atoms with Gasteiger partial charge in [-0.1, -0.05) is 65.5 Å². The number of carbonyl (C=O) groups is 1. The van der Waals surface area contributed by atoms with Crippen molar-refractivity contribution in [2.75, 3.05) is 0 Å². The summed E-state index contributed by atoms with van der Waals surface area (Å²) in [6, 6.07) is 0. The Labute approximate surface area is 178 Å². The third kappa shape index (κ3) is 3.56. The number of allylic oxidation sites excluding steroid dienone is 1. The van der Waals surface area contributed by atoms with Crippen molar-refractivity contribution in [2.45, 2.75) is 105 Å². The number of rotatable bonds is 5. The fourth-order valence-electron chi connectivity index (χ4n) is 8.34. The van der Waals surface area contributed by atoms with Gasteiger partial charge in [0, 0.05) is 18.8 Å². The monoisotopic (exact) mass is 400 g/mol. The van der Waals surface area contributed by atoms with Crippen LogP contribution >= 0.6 is 0 Å². The molecule has 0 heterocycles. The zero-order valence-electron chi connectivity index (χ0n) is 19.5. The Hall–Kier alpha value is -0.630. The van der Waals surface area contributed by atoms with Crippen LogP contribution in [0.5, 0.6) is 0 Å². The summed E-state index contributed by atoms with van der Waals surface area (Å²) in [5.41, 5.74) is 2.13. The van der Waals surface area contributed by atoms with E-state index in [1.165, 1.54) is 32.1 Å². The van der Waals surface area contributed by atoms with Crippen LogP contribution in [-0.4, -0.2) is 17.0 Å². The predicted molar refractivity (Wildman–Crippen MR) is 119 cm³/mol. The predicted octanol–water partition coefficient (Wildman–Crippen LogP) is 6.57. The van der Waals surface area contributed by atoms with Crippen LogP contribution in [0.2, 0.25) is 0 Å². The molecule has 0 bridgehead atoms. The molecule has 0 unspecified atom stereocenters. The second kappa shape index (κ2) is 7.81. The Kier molecular flexibility index (Phi) is 5.82. The highest BCUT2D eigenvalue weighted by atomic mass is 16.3. The molecule has 29 heavy (non-hydrogen) atoms. The average Bonchev–Trinajstić information content (AvgIpc) is 2.93. The molecule has 0 aliphatic heterocycles. The largest absolute Gasteiger partial charge is 0.392 e. The molecular weight excluding hydrogens is 356 g/mol. The summed E-state index contributed by atoms with van der Waals surface area (Å²) in [4.78, 5) is 12.1. The summed E-state index contributed by atoms with van der Waals surface area (Å²) in [5, 5.41) is 11.3. The fraction of sp³-hybridized carbons (Fsp3) is 0.889. The maximum absolute atomic E-state index is 12.1. The fourth-order valence-corrected chi connectivity index (χ4v) is 8.34. The van der Waals surface area contributed by atoms with Crippen LogP contribution < -0.4 is 0 Å². The number of Topliss-reactive ketones (excluding diaryl/α,β-unsaturated/α-hetero) is 1. The van der Waals surface area contributed by atoms with Crippen molar-refractivity contribution in [1.29, 1.82) is 0 Å². The number of hydrogen-bond acceptors (Lipinski definition) is 2. The van der Waals surface area contributed by atoms with Crippen molar-refractivity contribution in [2.24, 2.45) is 46.3 Å². The highest BCUT2D eigenvalue weighted by Crippen LogP contribution is 2.66. The molecule has 3 saturated carbocycles. The quantitative estimate of drug-likeness (QED) is 0.530. The van der Waals surface area contributed by atoms with Crippen molar-refractivity contribution in [3.63, 3.8) is 0 Å². The van der Waals surface area contributed by atoms with Crippen LogP contribution in [0.25, 0.3) is 0 Å². The van der Waals surface area contributed by atoms with E-state index in [0.29, 0.717) is 35.4 Å². The Balaban J connectivity index is 1.55. The summed E-state index contributed by atoms with van der Waals surface area (Å²) in [6.07, 6.45) is 13.5. The third-order valence-corrected chi connectivity index (χ3v) is 10.1. The highest BCUT2D eigenvalue weighted by Gasteiger charge is 2.60. The Morgan fingerprint density at radius 1 is 1.14 bits per heavy atom. The molecule has 164 valence electrons. The van der Waals surface area contributed by atoms with Crippen molar-refractivity contribution in [3.05, 3.63) is 11.6 Å². The van der Waals surface area contributed by atoms with Crippen molar-refractivity contribution < 1.29 is 9.90 Å². The summed E-state index contributed by atoms with van der Waals surface area (Å²) in [5.74, 6) is 4.10. The summed E-state index contributed by atoms with van der Waals surface area (Å²) in [6.45, 7) is 12.1. The van der Waals surface area contributed by atoms with Crippen molar-refractivity contribution in [1.82, 2.24) is 0 Å². The van der Waals surface area contributed by atoms with Crippen LogP contribution in [0.15, 0.2) is 11.6 Å². The van der Waals surface area contributed by atoms with E-state index in [9.17, 15) is 9.90 Å². The first-order valence-corrected chi connectivity index (χ1v) is 12.6.